The van der Waals surface area contributed by atoms with Gasteiger partial charge in [-0.25, -0.2) is 26.3 Å². The molecule has 9 heteroatoms. The van der Waals surface area contributed by atoms with Crippen LogP contribution in [0.25, 0.3) is 0 Å². The number of anilines is 1. The fourth-order valence-electron chi connectivity index (χ4n) is 2.01. The number of fused-ring (bicyclic) bond motifs is 1. The Morgan fingerprint density at radius 1 is 1.14 bits per heavy atom. The van der Waals surface area contributed by atoms with Gasteiger partial charge in [-0.15, -0.1) is 11.3 Å². The van der Waals surface area contributed by atoms with Crippen LogP contribution in [0.15, 0.2) is 33.9 Å². The van der Waals surface area contributed by atoms with Crippen LogP contribution in [-0.2, 0) is 16.6 Å². The Labute approximate surface area is 122 Å². The Morgan fingerprint density at radius 2 is 1.81 bits per heavy atom. The molecule has 0 atom stereocenters. The predicted octanol–water partition coefficient (Wildman–Crippen LogP) is 2.76. The lowest BCUT2D eigenvalue weighted by Gasteiger charge is -2.27. The molecular formula is C12H8F2N2O3S2. The minimum atomic E-state index is -4.03. The Bertz CT molecular complexity index is 813. The summed E-state index contributed by atoms with van der Waals surface area (Å²) in [7, 11) is -4.03. The third-order valence-electron chi connectivity index (χ3n) is 2.91. The first-order valence-electron chi connectivity index (χ1n) is 5.73. The summed E-state index contributed by atoms with van der Waals surface area (Å²) >= 11 is 1.13. The second-order valence-corrected chi connectivity index (χ2v) is 6.94. The maximum absolute atomic E-state index is 13.2. The lowest BCUT2D eigenvalue weighted by atomic mass is 10.2. The molecule has 0 saturated heterocycles. The maximum atomic E-state index is 13.2. The van der Waals surface area contributed by atoms with E-state index in [0.29, 0.717) is 10.4 Å². The van der Waals surface area contributed by atoms with Crippen LogP contribution in [0, 0.1) is 11.6 Å². The van der Waals surface area contributed by atoms with Crippen molar-refractivity contribution in [1.29, 1.82) is 0 Å². The number of nitrogens with zero attached hydrogens (tertiary/aromatic N) is 1. The molecule has 1 aliphatic rings. The molecule has 0 fully saturated rings. The van der Waals surface area contributed by atoms with E-state index in [1.807, 2.05) is 0 Å². The van der Waals surface area contributed by atoms with E-state index in [2.05, 4.69) is 5.32 Å². The van der Waals surface area contributed by atoms with Gasteiger partial charge in [0.1, 0.15) is 16.5 Å². The van der Waals surface area contributed by atoms with Crippen LogP contribution >= 0.6 is 11.3 Å². The summed E-state index contributed by atoms with van der Waals surface area (Å²) in [5.41, 5.74) is 0.261. The van der Waals surface area contributed by atoms with E-state index in [-0.39, 0.29) is 16.1 Å². The number of hydrogen-bond donors (Lipinski definition) is 1. The molecule has 21 heavy (non-hydrogen) atoms. The Morgan fingerprint density at radius 3 is 2.48 bits per heavy atom. The lowest BCUT2D eigenvalue weighted by molar-refractivity contribution is 0.233. The van der Waals surface area contributed by atoms with Crippen molar-refractivity contribution in [2.45, 2.75) is 11.4 Å². The van der Waals surface area contributed by atoms with Gasteiger partial charge in [0.15, 0.2) is 0 Å². The van der Waals surface area contributed by atoms with Crippen LogP contribution < -0.4 is 5.32 Å². The highest BCUT2D eigenvalue weighted by Crippen LogP contribution is 2.33. The van der Waals surface area contributed by atoms with E-state index in [0.717, 1.165) is 23.5 Å². The zero-order chi connectivity index (χ0) is 15.2. The zero-order valence-electron chi connectivity index (χ0n) is 10.3. The molecule has 0 radical (unpaired) electrons. The van der Waals surface area contributed by atoms with Gasteiger partial charge in [0.25, 0.3) is 10.0 Å². The minimum Gasteiger partial charge on any atom is -0.305 e. The topological polar surface area (TPSA) is 66.5 Å². The molecule has 1 aromatic heterocycles. The number of sulfonamides is 1. The average molecular weight is 330 g/mol. The van der Waals surface area contributed by atoms with Crippen LogP contribution in [0.1, 0.15) is 5.56 Å². The third kappa shape index (κ3) is 2.38. The van der Waals surface area contributed by atoms with Crippen molar-refractivity contribution in [3.05, 3.63) is 46.2 Å². The van der Waals surface area contributed by atoms with Gasteiger partial charge in [0.05, 0.1) is 12.2 Å². The first-order chi connectivity index (χ1) is 9.88. The summed E-state index contributed by atoms with van der Waals surface area (Å²) < 4.78 is 51.5. The molecule has 2 amide bonds. The van der Waals surface area contributed by atoms with Crippen molar-refractivity contribution in [2.24, 2.45) is 0 Å². The molecule has 1 aromatic carbocycles. The average Bonchev–Trinajstić information content (AvgIpc) is 2.82. The zero-order valence-corrected chi connectivity index (χ0v) is 12.0. The standard InChI is InChI=1S/C12H8F2N2O3S2/c13-8-1-7(2-9(14)3-8)4-16-12(17)15-10-5-20-6-11(10)21(16,18)19/h1-3,5-6H,4H2,(H,15,17). The number of urea groups is 1. The molecular weight excluding hydrogens is 322 g/mol. The van der Waals surface area contributed by atoms with Crippen LogP contribution in [0.5, 0.6) is 0 Å². The van der Waals surface area contributed by atoms with E-state index in [1.165, 1.54) is 10.8 Å². The number of carbonyl (C=O) groups is 1. The van der Waals surface area contributed by atoms with E-state index in [4.69, 9.17) is 0 Å². The molecule has 2 aromatic rings. The van der Waals surface area contributed by atoms with E-state index in [1.54, 1.807) is 0 Å². The highest BCUT2D eigenvalue weighted by atomic mass is 32.2. The molecule has 1 N–H and O–H groups in total. The van der Waals surface area contributed by atoms with Gasteiger partial charge in [0.2, 0.25) is 0 Å². The van der Waals surface area contributed by atoms with Gasteiger partial charge < -0.3 is 5.32 Å². The number of hydrogen-bond acceptors (Lipinski definition) is 4. The largest absolute Gasteiger partial charge is 0.336 e. The van der Waals surface area contributed by atoms with Crippen LogP contribution in [0.3, 0.4) is 0 Å². The quantitative estimate of drug-likeness (QED) is 0.921. The van der Waals surface area contributed by atoms with Gasteiger partial charge in [-0.3, -0.25) is 0 Å². The van der Waals surface area contributed by atoms with Crippen LogP contribution in [0.2, 0.25) is 0 Å². The SMILES string of the molecule is O=C1Nc2cscc2S(=O)(=O)N1Cc1cc(F)cc(F)c1. The van der Waals surface area contributed by atoms with Gasteiger partial charge in [0, 0.05) is 16.8 Å². The Kier molecular flexibility index (Phi) is 3.18. The summed E-state index contributed by atoms with van der Waals surface area (Å²) in [5.74, 6) is -1.67. The molecule has 0 bridgehead atoms. The fourth-order valence-corrected chi connectivity index (χ4v) is 4.58. The normalized spacial score (nSPS) is 16.5. The second kappa shape index (κ2) is 4.78. The van der Waals surface area contributed by atoms with Crippen molar-refractivity contribution < 1.29 is 22.0 Å². The molecule has 0 aliphatic carbocycles. The third-order valence-corrected chi connectivity index (χ3v) is 5.57. The first kappa shape index (κ1) is 14.0. The molecule has 0 saturated carbocycles. The smallest absolute Gasteiger partial charge is 0.305 e. The van der Waals surface area contributed by atoms with Crippen molar-refractivity contribution >= 4 is 33.1 Å². The molecule has 5 nitrogen and oxygen atoms in total. The second-order valence-electron chi connectivity index (χ2n) is 4.37. The van der Waals surface area contributed by atoms with Crippen molar-refractivity contribution in [2.75, 3.05) is 5.32 Å². The summed E-state index contributed by atoms with van der Waals surface area (Å²) in [6, 6.07) is 1.78. The summed E-state index contributed by atoms with van der Waals surface area (Å²) in [6.45, 7) is -0.446. The summed E-state index contributed by atoms with van der Waals surface area (Å²) in [4.78, 5) is 11.9. The summed E-state index contributed by atoms with van der Waals surface area (Å²) in [5, 5.41) is 5.32. The van der Waals surface area contributed by atoms with Crippen molar-refractivity contribution in [1.82, 2.24) is 4.31 Å². The number of carbonyl (C=O) groups excluding carboxylic acids is 1. The minimum absolute atomic E-state index is 0.0241. The maximum Gasteiger partial charge on any atom is 0.336 e. The number of amides is 2. The van der Waals surface area contributed by atoms with Gasteiger partial charge in [-0.2, -0.15) is 0 Å². The summed E-state index contributed by atoms with van der Waals surface area (Å²) in [6.07, 6.45) is 0. The number of thiophene rings is 1. The van der Waals surface area contributed by atoms with Crippen LogP contribution in [-0.4, -0.2) is 18.8 Å². The van der Waals surface area contributed by atoms with Crippen molar-refractivity contribution in [3.8, 4) is 0 Å². The molecule has 1 aliphatic heterocycles. The van der Waals surface area contributed by atoms with E-state index >= 15 is 0 Å². The monoisotopic (exact) mass is 330 g/mol. The number of benzene rings is 1. The van der Waals surface area contributed by atoms with Gasteiger partial charge in [-0.1, -0.05) is 0 Å². The molecule has 110 valence electrons. The van der Waals surface area contributed by atoms with Gasteiger partial charge >= 0.3 is 6.03 Å². The number of rotatable bonds is 2. The molecule has 2 heterocycles. The predicted molar refractivity (Wildman–Crippen MR) is 72.4 cm³/mol. The molecule has 0 unspecified atom stereocenters. The number of halogens is 2. The van der Waals surface area contributed by atoms with E-state index in [9.17, 15) is 22.0 Å². The Hall–Kier alpha value is -2.00. The molecule has 3 rings (SSSR count). The molecule has 0 spiro atoms. The highest BCUT2D eigenvalue weighted by Gasteiger charge is 2.37. The lowest BCUT2D eigenvalue weighted by Crippen LogP contribution is -2.42. The highest BCUT2D eigenvalue weighted by molar-refractivity contribution is 7.90. The first-order valence-corrected chi connectivity index (χ1v) is 8.11. The van der Waals surface area contributed by atoms with Gasteiger partial charge in [-0.05, 0) is 17.7 Å². The van der Waals surface area contributed by atoms with Crippen LogP contribution in [0.4, 0.5) is 19.3 Å². The number of nitrogens with one attached hydrogen (secondary N) is 1. The van der Waals surface area contributed by atoms with Crippen molar-refractivity contribution in [3.63, 3.8) is 0 Å². The van der Waals surface area contributed by atoms with E-state index < -0.39 is 34.2 Å². The Balaban J connectivity index is 2.01. The fraction of sp³-hybridized carbons (Fsp3) is 0.0833.